The van der Waals surface area contributed by atoms with E-state index in [4.69, 9.17) is 18.9 Å². The molecule has 0 saturated carbocycles. The van der Waals surface area contributed by atoms with E-state index < -0.39 is 24.1 Å². The van der Waals surface area contributed by atoms with Crippen molar-refractivity contribution in [1.29, 1.82) is 0 Å². The molecule has 2 aromatic rings. The SMILES string of the molecule is CC(=O)OCC(O)COc1ccc(C(C)(C)c2ccc(OCC(O)COC(C)=O)cc2)cc1. The number of hydrogen-bond acceptors (Lipinski definition) is 8. The lowest BCUT2D eigenvalue weighted by molar-refractivity contribution is -0.145. The fraction of sp³-hybridized carbons (Fsp3) is 0.440. The van der Waals surface area contributed by atoms with Gasteiger partial charge in [0.25, 0.3) is 0 Å². The van der Waals surface area contributed by atoms with Crippen LogP contribution < -0.4 is 9.47 Å². The number of rotatable bonds is 12. The fourth-order valence-electron chi connectivity index (χ4n) is 3.01. The van der Waals surface area contributed by atoms with Crippen molar-refractivity contribution in [2.45, 2.75) is 45.3 Å². The Morgan fingerprint density at radius 2 is 1.03 bits per heavy atom. The molecule has 0 amide bonds. The smallest absolute Gasteiger partial charge is 0.302 e. The molecule has 0 radical (unpaired) electrons. The number of ether oxygens (including phenoxy) is 4. The quantitative estimate of drug-likeness (QED) is 0.465. The number of hydrogen-bond donors (Lipinski definition) is 2. The van der Waals surface area contributed by atoms with Gasteiger partial charge in [0, 0.05) is 19.3 Å². The van der Waals surface area contributed by atoms with Gasteiger partial charge in [0.15, 0.2) is 0 Å². The third-order valence-corrected chi connectivity index (χ3v) is 4.99. The van der Waals surface area contributed by atoms with E-state index in [1.165, 1.54) is 13.8 Å². The van der Waals surface area contributed by atoms with Crippen molar-refractivity contribution in [2.24, 2.45) is 0 Å². The molecule has 2 atom stereocenters. The molecule has 0 aliphatic heterocycles. The van der Waals surface area contributed by atoms with Crippen molar-refractivity contribution in [2.75, 3.05) is 26.4 Å². The molecule has 0 aliphatic carbocycles. The highest BCUT2D eigenvalue weighted by Crippen LogP contribution is 2.33. The van der Waals surface area contributed by atoms with Crippen molar-refractivity contribution < 1.29 is 38.7 Å². The van der Waals surface area contributed by atoms with Gasteiger partial charge >= 0.3 is 11.9 Å². The molecule has 0 fully saturated rings. The molecule has 2 unspecified atom stereocenters. The lowest BCUT2D eigenvalue weighted by Crippen LogP contribution is -2.24. The minimum atomic E-state index is -0.895. The molecule has 0 aliphatic rings. The van der Waals surface area contributed by atoms with Crippen molar-refractivity contribution in [3.05, 3.63) is 59.7 Å². The molecule has 0 saturated heterocycles. The van der Waals surface area contributed by atoms with Crippen molar-refractivity contribution in [3.63, 3.8) is 0 Å². The Morgan fingerprint density at radius 3 is 1.33 bits per heavy atom. The average Bonchev–Trinajstić information content (AvgIpc) is 2.79. The average molecular weight is 461 g/mol. The molecule has 0 heterocycles. The van der Waals surface area contributed by atoms with Crippen LogP contribution >= 0.6 is 0 Å². The number of esters is 2. The van der Waals surface area contributed by atoms with Gasteiger partial charge in [-0.05, 0) is 35.4 Å². The molecule has 180 valence electrons. The van der Waals surface area contributed by atoms with E-state index >= 15 is 0 Å². The lowest BCUT2D eigenvalue weighted by atomic mass is 9.78. The maximum absolute atomic E-state index is 10.8. The first-order valence-corrected chi connectivity index (χ1v) is 10.7. The monoisotopic (exact) mass is 460 g/mol. The molecule has 33 heavy (non-hydrogen) atoms. The zero-order valence-corrected chi connectivity index (χ0v) is 19.4. The summed E-state index contributed by atoms with van der Waals surface area (Å²) in [5.74, 6) is 0.314. The van der Waals surface area contributed by atoms with E-state index in [0.717, 1.165) is 11.1 Å². The molecule has 0 bridgehead atoms. The topological polar surface area (TPSA) is 112 Å². The third kappa shape index (κ3) is 8.75. The summed E-state index contributed by atoms with van der Waals surface area (Å²) in [6.45, 7) is 6.60. The summed E-state index contributed by atoms with van der Waals surface area (Å²) < 4.78 is 20.6. The van der Waals surface area contributed by atoms with Crippen LogP contribution in [-0.4, -0.2) is 60.8 Å². The Balaban J connectivity index is 1.91. The van der Waals surface area contributed by atoms with Crippen molar-refractivity contribution in [3.8, 4) is 11.5 Å². The van der Waals surface area contributed by atoms with Gasteiger partial charge in [-0.15, -0.1) is 0 Å². The summed E-state index contributed by atoms with van der Waals surface area (Å²) in [6.07, 6.45) is -1.79. The third-order valence-electron chi connectivity index (χ3n) is 4.99. The van der Waals surface area contributed by atoms with Crippen molar-refractivity contribution >= 4 is 11.9 Å². The van der Waals surface area contributed by atoms with Gasteiger partial charge in [-0.2, -0.15) is 0 Å². The molecule has 2 N–H and O–H groups in total. The summed E-state index contributed by atoms with van der Waals surface area (Å²) in [4.78, 5) is 21.6. The first-order valence-electron chi connectivity index (χ1n) is 10.7. The zero-order valence-electron chi connectivity index (χ0n) is 19.4. The molecular weight excluding hydrogens is 428 g/mol. The molecule has 2 rings (SSSR count). The molecule has 0 spiro atoms. The van der Waals surface area contributed by atoms with E-state index in [-0.39, 0.29) is 31.8 Å². The Morgan fingerprint density at radius 1 is 0.697 bits per heavy atom. The van der Waals surface area contributed by atoms with Gasteiger partial charge in [0.05, 0.1) is 0 Å². The number of carbonyl (C=O) groups is 2. The molecule has 8 nitrogen and oxygen atoms in total. The van der Waals surface area contributed by atoms with Crippen LogP contribution in [0.4, 0.5) is 0 Å². The highest BCUT2D eigenvalue weighted by atomic mass is 16.6. The van der Waals surface area contributed by atoms with Gasteiger partial charge in [0.1, 0.15) is 50.1 Å². The Hall–Kier alpha value is -3.10. The molecular formula is C25H32O8. The summed E-state index contributed by atoms with van der Waals surface area (Å²) in [5, 5.41) is 19.6. The minimum Gasteiger partial charge on any atom is -0.491 e. The standard InChI is InChI=1S/C25H32O8/c1-17(26)30-13-21(28)15-32-23-9-5-19(6-10-23)25(3,4)20-7-11-24(12-8-20)33-16-22(29)14-31-18(2)27/h5-12,21-22,28-29H,13-16H2,1-4H3. The summed E-state index contributed by atoms with van der Waals surface area (Å²) in [6, 6.07) is 15.2. The second kappa shape index (κ2) is 12.2. The van der Waals surface area contributed by atoms with Crippen LogP contribution in [0.2, 0.25) is 0 Å². The summed E-state index contributed by atoms with van der Waals surface area (Å²) in [5.41, 5.74) is 1.85. The van der Waals surface area contributed by atoms with E-state index in [1.807, 2.05) is 48.5 Å². The van der Waals surface area contributed by atoms with Crippen LogP contribution in [0.1, 0.15) is 38.8 Å². The maximum atomic E-state index is 10.8. The van der Waals surface area contributed by atoms with Gasteiger partial charge in [-0.3, -0.25) is 9.59 Å². The van der Waals surface area contributed by atoms with E-state index in [1.54, 1.807) is 0 Å². The number of aliphatic hydroxyl groups excluding tert-OH is 2. The second-order valence-corrected chi connectivity index (χ2v) is 8.21. The second-order valence-electron chi connectivity index (χ2n) is 8.21. The van der Waals surface area contributed by atoms with Gasteiger partial charge in [0.2, 0.25) is 0 Å². The van der Waals surface area contributed by atoms with Gasteiger partial charge < -0.3 is 29.2 Å². The van der Waals surface area contributed by atoms with Crippen molar-refractivity contribution in [1.82, 2.24) is 0 Å². The Bertz CT molecular complexity index is 816. The summed E-state index contributed by atoms with van der Waals surface area (Å²) >= 11 is 0. The first-order chi connectivity index (χ1) is 15.6. The maximum Gasteiger partial charge on any atom is 0.302 e. The van der Waals surface area contributed by atoms with Gasteiger partial charge in [-0.1, -0.05) is 38.1 Å². The first kappa shape index (κ1) is 26.2. The normalized spacial score (nSPS) is 13.0. The largest absolute Gasteiger partial charge is 0.491 e. The Labute approximate surface area is 194 Å². The highest BCUT2D eigenvalue weighted by molar-refractivity contribution is 5.66. The number of carbonyl (C=O) groups excluding carboxylic acids is 2. The molecule has 2 aromatic carbocycles. The van der Waals surface area contributed by atoms with Crippen LogP contribution in [0.5, 0.6) is 11.5 Å². The predicted octanol–water partition coefficient (Wildman–Crippen LogP) is 2.62. The Kier molecular flexibility index (Phi) is 9.69. The van der Waals surface area contributed by atoms with E-state index in [9.17, 15) is 19.8 Å². The van der Waals surface area contributed by atoms with Crippen LogP contribution in [0.15, 0.2) is 48.5 Å². The van der Waals surface area contributed by atoms with Crippen LogP contribution in [0.25, 0.3) is 0 Å². The summed E-state index contributed by atoms with van der Waals surface area (Å²) in [7, 11) is 0. The minimum absolute atomic E-state index is 0.0209. The number of benzene rings is 2. The highest BCUT2D eigenvalue weighted by Gasteiger charge is 2.23. The van der Waals surface area contributed by atoms with Crippen LogP contribution in [-0.2, 0) is 24.5 Å². The molecule has 8 heteroatoms. The fourth-order valence-corrected chi connectivity index (χ4v) is 3.01. The van der Waals surface area contributed by atoms with Gasteiger partial charge in [-0.25, -0.2) is 0 Å². The lowest BCUT2D eigenvalue weighted by Gasteiger charge is -2.26. The molecule has 0 aromatic heterocycles. The van der Waals surface area contributed by atoms with Crippen LogP contribution in [0.3, 0.4) is 0 Å². The van der Waals surface area contributed by atoms with E-state index in [0.29, 0.717) is 11.5 Å². The van der Waals surface area contributed by atoms with Crippen LogP contribution in [0, 0.1) is 0 Å². The predicted molar refractivity (Wildman–Crippen MR) is 121 cm³/mol. The zero-order chi connectivity index (χ0) is 24.4. The van der Waals surface area contributed by atoms with E-state index in [2.05, 4.69) is 13.8 Å². The number of aliphatic hydroxyl groups is 2.